The van der Waals surface area contributed by atoms with Gasteiger partial charge in [-0.25, -0.2) is 8.42 Å². The first-order valence-electron chi connectivity index (χ1n) is 7.91. The van der Waals surface area contributed by atoms with E-state index in [0.717, 1.165) is 18.4 Å². The third kappa shape index (κ3) is 4.80. The zero-order chi connectivity index (χ0) is 16.8. The third-order valence-corrected chi connectivity index (χ3v) is 5.94. The average Bonchev–Trinajstić information content (AvgIpc) is 3.02. The number of hydrogen-bond acceptors (Lipinski definition) is 4. The van der Waals surface area contributed by atoms with Crippen LogP contribution in [0.25, 0.3) is 0 Å². The Hall–Kier alpha value is -1.87. The zero-order valence-corrected chi connectivity index (χ0v) is 13.9. The number of carbonyl (C=O) groups excluding carboxylic acids is 1. The second-order valence-corrected chi connectivity index (χ2v) is 8.27. The lowest BCUT2D eigenvalue weighted by atomic mass is 9.87. The minimum Gasteiger partial charge on any atom is -0.355 e. The van der Waals surface area contributed by atoms with E-state index in [-0.39, 0.29) is 24.0 Å². The molecule has 5 nitrogen and oxygen atoms in total. The average molecular weight is 334 g/mol. The van der Waals surface area contributed by atoms with E-state index in [0.29, 0.717) is 19.3 Å². The van der Waals surface area contributed by atoms with Crippen molar-refractivity contribution in [2.75, 3.05) is 12.3 Å². The van der Waals surface area contributed by atoms with E-state index in [4.69, 9.17) is 0 Å². The molecule has 1 amide bonds. The first-order valence-corrected chi connectivity index (χ1v) is 9.73. The molecule has 1 fully saturated rings. The van der Waals surface area contributed by atoms with Crippen LogP contribution in [-0.2, 0) is 20.4 Å². The maximum Gasteiger partial charge on any atom is 0.240 e. The highest BCUT2D eigenvalue weighted by molar-refractivity contribution is 7.90. The quantitative estimate of drug-likeness (QED) is 0.774. The fourth-order valence-electron chi connectivity index (χ4n) is 2.93. The van der Waals surface area contributed by atoms with Gasteiger partial charge in [-0.2, -0.15) is 5.26 Å². The van der Waals surface area contributed by atoms with E-state index >= 15 is 0 Å². The Morgan fingerprint density at radius 1 is 1.22 bits per heavy atom. The summed E-state index contributed by atoms with van der Waals surface area (Å²) < 4.78 is 24.1. The Balaban J connectivity index is 1.76. The van der Waals surface area contributed by atoms with E-state index < -0.39 is 15.3 Å². The molecule has 6 heteroatoms. The predicted molar refractivity (Wildman–Crippen MR) is 88.1 cm³/mol. The van der Waals surface area contributed by atoms with E-state index in [2.05, 4.69) is 11.4 Å². The summed E-state index contributed by atoms with van der Waals surface area (Å²) in [6.07, 6.45) is 3.35. The van der Waals surface area contributed by atoms with Crippen molar-refractivity contribution in [1.82, 2.24) is 5.32 Å². The summed E-state index contributed by atoms with van der Waals surface area (Å²) >= 11 is 0. The second kappa shape index (κ2) is 7.60. The molecule has 1 N–H and O–H groups in total. The van der Waals surface area contributed by atoms with Gasteiger partial charge in [0.05, 0.1) is 17.6 Å². The number of benzene rings is 1. The zero-order valence-electron chi connectivity index (χ0n) is 13.1. The van der Waals surface area contributed by atoms with Gasteiger partial charge in [0.15, 0.2) is 9.84 Å². The van der Waals surface area contributed by atoms with Crippen molar-refractivity contribution < 1.29 is 13.2 Å². The van der Waals surface area contributed by atoms with Crippen molar-refractivity contribution in [2.45, 2.75) is 37.9 Å². The lowest BCUT2D eigenvalue weighted by molar-refractivity contribution is -0.127. The van der Waals surface area contributed by atoms with Crippen LogP contribution in [0.5, 0.6) is 0 Å². The van der Waals surface area contributed by atoms with Gasteiger partial charge in [0.2, 0.25) is 5.91 Å². The fourth-order valence-corrected chi connectivity index (χ4v) is 4.36. The lowest BCUT2D eigenvalue weighted by Crippen LogP contribution is -2.39. The molecule has 0 radical (unpaired) electrons. The van der Waals surface area contributed by atoms with Crippen molar-refractivity contribution in [2.24, 2.45) is 5.41 Å². The topological polar surface area (TPSA) is 87.0 Å². The van der Waals surface area contributed by atoms with E-state index in [1.165, 1.54) is 0 Å². The van der Waals surface area contributed by atoms with E-state index in [1.807, 2.05) is 18.2 Å². The smallest absolute Gasteiger partial charge is 0.240 e. The summed E-state index contributed by atoms with van der Waals surface area (Å²) in [4.78, 5) is 12.1. The summed E-state index contributed by atoms with van der Waals surface area (Å²) in [5.41, 5.74) is -0.131. The maximum absolute atomic E-state index is 12.1. The number of carbonyl (C=O) groups is 1. The molecule has 124 valence electrons. The molecule has 0 spiro atoms. The molecular formula is C17H22N2O3S. The number of nitriles is 1. The second-order valence-electron chi connectivity index (χ2n) is 6.09. The highest BCUT2D eigenvalue weighted by Gasteiger charge is 2.41. The minimum absolute atomic E-state index is 0.0178. The predicted octanol–water partition coefficient (Wildman–Crippen LogP) is 2.19. The molecule has 1 aliphatic carbocycles. The molecule has 1 saturated carbocycles. The molecule has 1 aliphatic rings. The van der Waals surface area contributed by atoms with Gasteiger partial charge in [-0.3, -0.25) is 4.79 Å². The number of rotatable bonds is 7. The number of hydrogen-bond donors (Lipinski definition) is 1. The molecule has 0 atom stereocenters. The van der Waals surface area contributed by atoms with Crippen molar-refractivity contribution >= 4 is 15.7 Å². The molecule has 1 aromatic carbocycles. The molecule has 0 unspecified atom stereocenters. The highest BCUT2D eigenvalue weighted by atomic mass is 32.2. The summed E-state index contributed by atoms with van der Waals surface area (Å²) in [6, 6.07) is 11.2. The highest BCUT2D eigenvalue weighted by Crippen LogP contribution is 2.37. The normalized spacial score (nSPS) is 16.7. The van der Waals surface area contributed by atoms with Gasteiger partial charge in [0.1, 0.15) is 5.41 Å². The molecule has 1 aromatic rings. The van der Waals surface area contributed by atoms with Gasteiger partial charge in [-0.1, -0.05) is 43.2 Å². The molecule has 0 saturated heterocycles. The molecule has 0 bridgehead atoms. The van der Waals surface area contributed by atoms with Crippen LogP contribution in [0, 0.1) is 16.7 Å². The molecule has 2 rings (SSSR count). The number of nitrogens with zero attached hydrogens (tertiary/aromatic N) is 1. The van der Waals surface area contributed by atoms with Gasteiger partial charge in [-0.05, 0) is 24.8 Å². The maximum atomic E-state index is 12.1. The summed E-state index contributed by atoms with van der Waals surface area (Å²) in [7, 11) is -3.19. The molecule has 23 heavy (non-hydrogen) atoms. The molecule has 0 aromatic heterocycles. The van der Waals surface area contributed by atoms with Gasteiger partial charge in [0.25, 0.3) is 0 Å². The first kappa shape index (κ1) is 17.5. The van der Waals surface area contributed by atoms with Crippen molar-refractivity contribution in [1.29, 1.82) is 5.26 Å². The minimum atomic E-state index is -3.19. The Morgan fingerprint density at radius 2 is 1.87 bits per heavy atom. The fraction of sp³-hybridized carbons (Fsp3) is 0.529. The van der Waals surface area contributed by atoms with Gasteiger partial charge < -0.3 is 5.32 Å². The Bertz CT molecular complexity index is 672. The monoisotopic (exact) mass is 334 g/mol. The molecule has 0 aliphatic heterocycles. The Morgan fingerprint density at radius 3 is 2.48 bits per heavy atom. The summed E-state index contributed by atoms with van der Waals surface area (Å²) in [5, 5.41) is 12.0. The number of amides is 1. The summed E-state index contributed by atoms with van der Waals surface area (Å²) in [5.74, 6) is -0.205. The first-order chi connectivity index (χ1) is 11.0. The van der Waals surface area contributed by atoms with Crippen molar-refractivity contribution in [3.63, 3.8) is 0 Å². The van der Waals surface area contributed by atoms with Crippen LogP contribution in [0.3, 0.4) is 0 Å². The van der Waals surface area contributed by atoms with E-state index in [1.54, 1.807) is 12.1 Å². The summed E-state index contributed by atoms with van der Waals surface area (Å²) in [6.45, 7) is 0.288. The van der Waals surface area contributed by atoms with E-state index in [9.17, 15) is 18.5 Å². The van der Waals surface area contributed by atoms with Crippen LogP contribution in [-0.4, -0.2) is 26.6 Å². The largest absolute Gasteiger partial charge is 0.355 e. The van der Waals surface area contributed by atoms with Crippen LogP contribution in [0.1, 0.15) is 37.7 Å². The number of sulfone groups is 1. The standard InChI is InChI=1S/C17H22N2O3S/c18-14-17(9-4-5-10-17)16(20)19-11-6-12-23(21,22)13-15-7-2-1-3-8-15/h1-3,7-8H,4-6,9-13H2,(H,19,20). The number of nitrogens with one attached hydrogen (secondary N) is 1. The van der Waals surface area contributed by atoms with Gasteiger partial charge in [0, 0.05) is 6.54 Å². The van der Waals surface area contributed by atoms with Gasteiger partial charge >= 0.3 is 0 Å². The Labute approximate surface area is 137 Å². The van der Waals surface area contributed by atoms with Crippen LogP contribution >= 0.6 is 0 Å². The van der Waals surface area contributed by atoms with Crippen LogP contribution < -0.4 is 5.32 Å². The Kier molecular flexibility index (Phi) is 5.78. The van der Waals surface area contributed by atoms with Crippen molar-refractivity contribution in [3.05, 3.63) is 35.9 Å². The van der Waals surface area contributed by atoms with Gasteiger partial charge in [-0.15, -0.1) is 0 Å². The lowest BCUT2D eigenvalue weighted by Gasteiger charge is -2.19. The molecule has 0 heterocycles. The SMILES string of the molecule is N#CC1(C(=O)NCCCS(=O)(=O)Cc2ccccc2)CCCC1. The third-order valence-electron chi connectivity index (χ3n) is 4.25. The van der Waals surface area contributed by atoms with Crippen molar-refractivity contribution in [3.8, 4) is 6.07 Å². The molecular weight excluding hydrogens is 312 g/mol. The van der Waals surface area contributed by atoms with Crippen LogP contribution in [0.15, 0.2) is 30.3 Å². The van der Waals surface area contributed by atoms with Crippen LogP contribution in [0.2, 0.25) is 0 Å². The van der Waals surface area contributed by atoms with Crippen LogP contribution in [0.4, 0.5) is 0 Å².